The normalized spacial score (nSPS) is 17.2. The minimum Gasteiger partial charge on any atom is -0.481 e. The highest BCUT2D eigenvalue weighted by atomic mass is 35.5. The summed E-state index contributed by atoms with van der Waals surface area (Å²) in [4.78, 5) is 36.4. The van der Waals surface area contributed by atoms with E-state index >= 15 is 0 Å². The van der Waals surface area contributed by atoms with Crippen molar-refractivity contribution >= 4 is 34.8 Å². The van der Waals surface area contributed by atoms with Crippen LogP contribution in [0.2, 0.25) is 10.0 Å². The molecule has 3 aromatic heterocycles. The first kappa shape index (κ1) is 36.0. The van der Waals surface area contributed by atoms with Crippen molar-refractivity contribution in [3.05, 3.63) is 105 Å². The molecule has 0 spiro atoms. The molecule has 4 N–H and O–H groups in total. The second-order valence-corrected chi connectivity index (χ2v) is 14.4. The molecule has 2 saturated heterocycles. The molecule has 0 unspecified atom stereocenters. The topological polar surface area (TPSA) is 141 Å². The Morgan fingerprint density at radius 2 is 1.71 bits per heavy atom. The molecule has 0 saturated carbocycles. The number of nitrogens with one attached hydrogen (secondary N) is 2. The number of benzene rings is 2. The number of fused-ring (bicyclic) bond motifs is 1. The summed E-state index contributed by atoms with van der Waals surface area (Å²) in [6, 6.07) is 19.2. The fourth-order valence-corrected chi connectivity index (χ4v) is 7.81. The van der Waals surface area contributed by atoms with Crippen LogP contribution in [0.1, 0.15) is 30.4 Å². The van der Waals surface area contributed by atoms with Crippen molar-refractivity contribution in [3.8, 4) is 39.4 Å². The van der Waals surface area contributed by atoms with Crippen LogP contribution in [0.5, 0.6) is 5.88 Å². The van der Waals surface area contributed by atoms with Crippen LogP contribution < -0.4 is 20.9 Å². The molecule has 270 valence electrons. The molecule has 2 aliphatic rings. The van der Waals surface area contributed by atoms with Gasteiger partial charge in [0.15, 0.2) is 0 Å². The van der Waals surface area contributed by atoms with E-state index in [1.165, 1.54) is 4.40 Å². The number of aliphatic hydroxyl groups is 2. The van der Waals surface area contributed by atoms with E-state index < -0.39 is 5.41 Å². The molecular formula is C39H40Cl2N6O5. The lowest BCUT2D eigenvalue weighted by Gasteiger charge is -2.24. The first-order valence-corrected chi connectivity index (χ1v) is 18.0. The van der Waals surface area contributed by atoms with E-state index in [-0.39, 0.29) is 30.7 Å². The van der Waals surface area contributed by atoms with Crippen molar-refractivity contribution < 1.29 is 19.7 Å². The van der Waals surface area contributed by atoms with Crippen molar-refractivity contribution in [1.82, 2.24) is 29.9 Å². The number of hydrogen-bond donors (Lipinski definition) is 4. The van der Waals surface area contributed by atoms with Gasteiger partial charge in [-0.05, 0) is 43.1 Å². The van der Waals surface area contributed by atoms with Gasteiger partial charge in [-0.25, -0.2) is 9.97 Å². The lowest BCUT2D eigenvalue weighted by molar-refractivity contribution is -0.119. The van der Waals surface area contributed by atoms with Crippen LogP contribution in [-0.4, -0.2) is 81.4 Å². The van der Waals surface area contributed by atoms with Crippen LogP contribution in [0.3, 0.4) is 0 Å². The lowest BCUT2D eigenvalue weighted by Crippen LogP contribution is -2.35. The average molecular weight is 744 g/mol. The van der Waals surface area contributed by atoms with Crippen molar-refractivity contribution in [2.24, 2.45) is 5.41 Å². The third-order valence-corrected chi connectivity index (χ3v) is 11.0. The Kier molecular flexibility index (Phi) is 10.6. The zero-order valence-corrected chi connectivity index (χ0v) is 30.3. The first-order chi connectivity index (χ1) is 25.2. The highest BCUT2D eigenvalue weighted by Gasteiger charge is 2.37. The van der Waals surface area contributed by atoms with Crippen LogP contribution in [-0.2, 0) is 17.9 Å². The van der Waals surface area contributed by atoms with Crippen LogP contribution in [0.15, 0.2) is 77.9 Å². The number of likely N-dealkylation sites (tertiary alicyclic amines) is 1. The van der Waals surface area contributed by atoms with Crippen LogP contribution in [0.25, 0.3) is 39.2 Å². The molecule has 0 bridgehead atoms. The Balaban J connectivity index is 1.12. The Morgan fingerprint density at radius 1 is 0.981 bits per heavy atom. The van der Waals surface area contributed by atoms with Gasteiger partial charge in [0.2, 0.25) is 11.8 Å². The van der Waals surface area contributed by atoms with Crippen LogP contribution >= 0.6 is 23.2 Å². The van der Waals surface area contributed by atoms with Crippen molar-refractivity contribution in [3.63, 3.8) is 0 Å². The molecule has 2 fully saturated rings. The summed E-state index contributed by atoms with van der Waals surface area (Å²) < 4.78 is 7.17. The molecule has 2 aliphatic heterocycles. The molecule has 1 amide bonds. The fraction of sp³-hybridized carbons (Fsp3) is 0.333. The van der Waals surface area contributed by atoms with Gasteiger partial charge in [0.1, 0.15) is 5.65 Å². The zero-order valence-electron chi connectivity index (χ0n) is 28.7. The van der Waals surface area contributed by atoms with Gasteiger partial charge in [-0.1, -0.05) is 65.7 Å². The summed E-state index contributed by atoms with van der Waals surface area (Å²) in [7, 11) is 1.59. The van der Waals surface area contributed by atoms with Gasteiger partial charge in [0, 0.05) is 84.3 Å². The Bertz CT molecular complexity index is 2190. The second kappa shape index (κ2) is 15.3. The SMILES string of the molecule is COc1nc(-c2cccc(-c3cccc(-c4ccn5c(=O)c(CN6CCC(CO)(CO)C6)cnc5c4)c3Cl)c2Cl)ccc1CNC[C@@H]1CCC(=O)N1. The number of carbonyl (C=O) groups is 1. The molecule has 52 heavy (non-hydrogen) atoms. The standard InChI is InChI=1S/C39H40Cl2N6O5/c1-52-37-25(17-42-19-27-9-11-34(50)44-27)8-10-32(45-37)31-7-3-6-30(36(31)41)29-5-2-4-28(35(29)40)24-12-14-47-33(16-24)43-18-26(38(47)51)20-46-15-13-39(21-46,22-48)23-49/h2-8,10,12,14,16,18,27,42,48-49H,9,11,13,15,17,19-23H2,1H3,(H,44,50)/t27-/m0/s1. The molecule has 0 radical (unpaired) electrons. The van der Waals surface area contributed by atoms with E-state index in [2.05, 4.69) is 20.5 Å². The van der Waals surface area contributed by atoms with Gasteiger partial charge in [0.05, 0.1) is 41.6 Å². The van der Waals surface area contributed by atoms with Gasteiger partial charge in [-0.2, -0.15) is 0 Å². The maximum absolute atomic E-state index is 13.4. The summed E-state index contributed by atoms with van der Waals surface area (Å²) in [6.45, 7) is 2.60. The fourth-order valence-electron chi connectivity index (χ4n) is 7.14. The van der Waals surface area contributed by atoms with E-state index in [4.69, 9.17) is 32.9 Å². The number of pyridine rings is 2. The maximum atomic E-state index is 13.4. The van der Waals surface area contributed by atoms with Gasteiger partial charge < -0.3 is 25.6 Å². The van der Waals surface area contributed by atoms with Gasteiger partial charge in [-0.3, -0.25) is 18.9 Å². The third-order valence-electron chi connectivity index (χ3n) is 10.2. The predicted octanol–water partition coefficient (Wildman–Crippen LogP) is 4.95. The predicted molar refractivity (Wildman–Crippen MR) is 202 cm³/mol. The quantitative estimate of drug-likeness (QED) is 0.140. The Hall–Kier alpha value is -4.36. The number of halogens is 2. The van der Waals surface area contributed by atoms with Gasteiger partial charge in [0.25, 0.3) is 5.56 Å². The zero-order chi connectivity index (χ0) is 36.4. The number of carbonyl (C=O) groups excluding carboxylic acids is 1. The highest BCUT2D eigenvalue weighted by Crippen LogP contribution is 2.42. The Labute approximate surface area is 311 Å². The molecule has 0 aliphatic carbocycles. The second-order valence-electron chi connectivity index (χ2n) is 13.6. The summed E-state index contributed by atoms with van der Waals surface area (Å²) in [6.07, 6.45) is 5.37. The molecular weight excluding hydrogens is 703 g/mol. The number of rotatable bonds is 12. The van der Waals surface area contributed by atoms with Crippen molar-refractivity contribution in [2.75, 3.05) is 40.0 Å². The molecule has 13 heteroatoms. The number of nitrogens with zero attached hydrogens (tertiary/aromatic N) is 4. The monoisotopic (exact) mass is 742 g/mol. The number of ether oxygens (including phenoxy) is 1. The summed E-state index contributed by atoms with van der Waals surface area (Å²) in [5, 5.41) is 26.9. The molecule has 5 aromatic rings. The van der Waals surface area contributed by atoms with Crippen LogP contribution in [0.4, 0.5) is 0 Å². The minimum atomic E-state index is -0.541. The maximum Gasteiger partial charge on any atom is 0.262 e. The molecule has 5 heterocycles. The summed E-state index contributed by atoms with van der Waals surface area (Å²) >= 11 is 14.2. The van der Waals surface area contributed by atoms with Crippen molar-refractivity contribution in [1.29, 1.82) is 0 Å². The average Bonchev–Trinajstić information content (AvgIpc) is 3.78. The number of aliphatic hydroxyl groups excluding tert-OH is 2. The number of methoxy groups -OCH3 is 1. The molecule has 2 aromatic carbocycles. The summed E-state index contributed by atoms with van der Waals surface area (Å²) in [5.74, 6) is 0.576. The van der Waals surface area contributed by atoms with Gasteiger partial charge >= 0.3 is 0 Å². The number of amides is 1. The molecule has 7 rings (SSSR count). The summed E-state index contributed by atoms with van der Waals surface area (Å²) in [5.41, 5.74) is 5.62. The first-order valence-electron chi connectivity index (χ1n) is 17.3. The number of hydrogen-bond acceptors (Lipinski definition) is 9. The smallest absolute Gasteiger partial charge is 0.262 e. The Morgan fingerprint density at radius 3 is 2.40 bits per heavy atom. The molecule has 1 atom stereocenters. The van der Waals surface area contributed by atoms with Gasteiger partial charge in [-0.15, -0.1) is 0 Å². The third kappa shape index (κ3) is 7.17. The molecule has 11 nitrogen and oxygen atoms in total. The number of aromatic nitrogens is 3. The lowest BCUT2D eigenvalue weighted by atomic mass is 9.89. The van der Waals surface area contributed by atoms with Crippen molar-refractivity contribution in [2.45, 2.75) is 38.4 Å². The largest absolute Gasteiger partial charge is 0.481 e. The highest BCUT2D eigenvalue weighted by molar-refractivity contribution is 6.39. The van der Waals surface area contributed by atoms with E-state index in [1.54, 1.807) is 19.5 Å². The van der Waals surface area contributed by atoms with E-state index in [1.807, 2.05) is 60.7 Å². The minimum absolute atomic E-state index is 0.0899. The van der Waals surface area contributed by atoms with E-state index in [0.717, 1.165) is 39.8 Å². The van der Waals surface area contributed by atoms with E-state index in [0.29, 0.717) is 78.4 Å². The van der Waals surface area contributed by atoms with Crippen LogP contribution in [0, 0.1) is 5.41 Å². The van der Waals surface area contributed by atoms with E-state index in [9.17, 15) is 19.8 Å².